The maximum absolute atomic E-state index is 13.3. The monoisotopic (exact) mass is 447 g/mol. The first kappa shape index (κ1) is 18.7. The Balaban J connectivity index is 1.67. The van der Waals surface area contributed by atoms with Gasteiger partial charge in [0.15, 0.2) is 5.69 Å². The molecule has 0 saturated heterocycles. The summed E-state index contributed by atoms with van der Waals surface area (Å²) < 4.78 is 26.5. The first-order chi connectivity index (χ1) is 12.4. The SMILES string of the molecule is N=[SH](N)(CCNc1nonc1/C(=N/O)Nc1ccc(F)c(Br)c1)C1CC1. The van der Waals surface area contributed by atoms with Gasteiger partial charge in [0.05, 0.1) is 4.47 Å². The molecular weight excluding hydrogens is 429 g/mol. The summed E-state index contributed by atoms with van der Waals surface area (Å²) in [6.45, 7) is 0.437. The Morgan fingerprint density at radius 2 is 2.27 bits per heavy atom. The molecule has 6 N–H and O–H groups in total. The number of hydrogen-bond acceptors (Lipinski definition) is 7. The lowest BCUT2D eigenvalue weighted by molar-refractivity contribution is 0.305. The second-order valence-electron chi connectivity index (χ2n) is 5.98. The van der Waals surface area contributed by atoms with Crippen LogP contribution in [-0.2, 0) is 10.0 Å². The zero-order valence-electron chi connectivity index (χ0n) is 13.6. The average molecular weight is 448 g/mol. The van der Waals surface area contributed by atoms with Gasteiger partial charge in [0.2, 0.25) is 11.7 Å². The van der Waals surface area contributed by atoms with Gasteiger partial charge in [-0.25, -0.2) is 9.02 Å². The minimum absolute atomic E-state index is 0.0193. The highest BCUT2D eigenvalue weighted by Crippen LogP contribution is 2.31. The normalized spacial score (nSPS) is 15.7. The van der Waals surface area contributed by atoms with Crippen LogP contribution >= 0.6 is 15.9 Å². The second-order valence-corrected chi connectivity index (χ2v) is 9.87. The van der Waals surface area contributed by atoms with E-state index in [1.54, 1.807) is 0 Å². The van der Waals surface area contributed by atoms with Gasteiger partial charge in [-0.3, -0.25) is 9.92 Å². The van der Waals surface area contributed by atoms with Crippen molar-refractivity contribution in [3.05, 3.63) is 34.2 Å². The molecule has 3 rings (SSSR count). The van der Waals surface area contributed by atoms with Crippen molar-refractivity contribution < 1.29 is 14.2 Å². The molecule has 0 spiro atoms. The summed E-state index contributed by atoms with van der Waals surface area (Å²) >= 11 is 3.09. The third-order valence-electron chi connectivity index (χ3n) is 3.97. The van der Waals surface area contributed by atoms with Gasteiger partial charge in [-0.2, -0.15) is 10.0 Å². The summed E-state index contributed by atoms with van der Waals surface area (Å²) in [5.41, 5.74) is 0.636. The smallest absolute Gasteiger partial charge is 0.203 e. The Labute approximate surface area is 158 Å². The third kappa shape index (κ3) is 4.37. The number of halogens is 2. The summed E-state index contributed by atoms with van der Waals surface area (Å²) in [6, 6.07) is 4.23. The maximum Gasteiger partial charge on any atom is 0.203 e. The van der Waals surface area contributed by atoms with Gasteiger partial charge < -0.3 is 15.8 Å². The highest BCUT2D eigenvalue weighted by molar-refractivity contribution is 9.10. The largest absolute Gasteiger partial charge is 0.409 e. The Morgan fingerprint density at radius 1 is 1.50 bits per heavy atom. The van der Waals surface area contributed by atoms with E-state index in [9.17, 15) is 9.60 Å². The number of benzene rings is 1. The molecule has 1 aliphatic carbocycles. The summed E-state index contributed by atoms with van der Waals surface area (Å²) in [5.74, 6) is 0.369. The highest BCUT2D eigenvalue weighted by atomic mass is 79.9. The van der Waals surface area contributed by atoms with E-state index in [-0.39, 0.29) is 21.8 Å². The average Bonchev–Trinajstić information content (AvgIpc) is 3.37. The minimum Gasteiger partial charge on any atom is -0.409 e. The third-order valence-corrected chi connectivity index (χ3v) is 7.36. The van der Waals surface area contributed by atoms with Crippen LogP contribution < -0.4 is 15.8 Å². The van der Waals surface area contributed by atoms with E-state index in [2.05, 4.69) is 42.0 Å². The van der Waals surface area contributed by atoms with Gasteiger partial charge in [0.25, 0.3) is 0 Å². The molecule has 0 unspecified atom stereocenters. The molecule has 0 atom stereocenters. The van der Waals surface area contributed by atoms with E-state index >= 15 is 0 Å². The Morgan fingerprint density at radius 3 is 2.92 bits per heavy atom. The summed E-state index contributed by atoms with van der Waals surface area (Å²) in [7, 11) is -2.16. The first-order valence-corrected chi connectivity index (χ1v) is 10.7. The number of nitrogens with two attached hydrogens (primary N) is 1. The van der Waals surface area contributed by atoms with Crippen LogP contribution in [0.2, 0.25) is 0 Å². The molecule has 12 heteroatoms. The van der Waals surface area contributed by atoms with Crippen LogP contribution in [0.4, 0.5) is 15.9 Å². The van der Waals surface area contributed by atoms with Crippen molar-refractivity contribution in [3.63, 3.8) is 0 Å². The van der Waals surface area contributed by atoms with E-state index in [1.807, 2.05) is 0 Å². The lowest BCUT2D eigenvalue weighted by atomic mass is 10.3. The Kier molecular flexibility index (Phi) is 5.53. The summed E-state index contributed by atoms with van der Waals surface area (Å²) in [6.07, 6.45) is 2.06. The van der Waals surface area contributed by atoms with Crippen LogP contribution in [0.25, 0.3) is 0 Å². The van der Waals surface area contributed by atoms with E-state index in [1.165, 1.54) is 18.2 Å². The van der Waals surface area contributed by atoms with Gasteiger partial charge in [-0.15, -0.1) is 0 Å². The van der Waals surface area contributed by atoms with E-state index < -0.39 is 15.8 Å². The number of amidine groups is 1. The van der Waals surface area contributed by atoms with Gasteiger partial charge in [0.1, 0.15) is 5.82 Å². The summed E-state index contributed by atoms with van der Waals surface area (Å²) in [5, 5.41) is 32.2. The fourth-order valence-corrected chi connectivity index (χ4v) is 4.68. The molecular formula is C14H19BrFN7O2S. The molecule has 0 radical (unpaired) electrons. The second kappa shape index (κ2) is 7.68. The number of hydrogen-bond donors (Lipinski definition) is 6. The molecule has 9 nitrogen and oxygen atoms in total. The molecule has 1 aromatic heterocycles. The Bertz CT molecular complexity index is 871. The van der Waals surface area contributed by atoms with E-state index in [0.29, 0.717) is 23.2 Å². The molecule has 2 aromatic rings. The summed E-state index contributed by atoms with van der Waals surface area (Å²) in [4.78, 5) is 0. The van der Waals surface area contributed by atoms with Gasteiger partial charge >= 0.3 is 0 Å². The zero-order chi connectivity index (χ0) is 18.7. The molecule has 1 aromatic carbocycles. The van der Waals surface area contributed by atoms with Gasteiger partial charge in [-0.05, 0) is 57.3 Å². The number of nitrogens with zero attached hydrogens (tertiary/aromatic N) is 3. The van der Waals surface area contributed by atoms with Crippen LogP contribution in [0.15, 0.2) is 32.5 Å². The molecule has 1 saturated carbocycles. The van der Waals surface area contributed by atoms with Gasteiger partial charge in [-0.1, -0.05) is 5.16 Å². The molecule has 1 fully saturated rings. The Hall–Kier alpha value is -2.05. The van der Waals surface area contributed by atoms with Crippen molar-refractivity contribution in [1.29, 1.82) is 4.78 Å². The maximum atomic E-state index is 13.3. The molecule has 1 aliphatic rings. The number of oxime groups is 1. The van der Waals surface area contributed by atoms with Gasteiger partial charge in [0, 0.05) is 23.2 Å². The number of anilines is 2. The van der Waals surface area contributed by atoms with Crippen LogP contribution in [0, 0.1) is 10.6 Å². The molecule has 142 valence electrons. The minimum atomic E-state index is -2.16. The number of aromatic nitrogens is 2. The highest BCUT2D eigenvalue weighted by Gasteiger charge is 2.30. The van der Waals surface area contributed by atoms with E-state index in [4.69, 9.17) is 14.5 Å². The predicted octanol–water partition coefficient (Wildman–Crippen LogP) is 2.32. The van der Waals surface area contributed by atoms with E-state index in [0.717, 1.165) is 12.8 Å². The van der Waals surface area contributed by atoms with Crippen molar-refractivity contribution in [2.24, 2.45) is 10.3 Å². The van der Waals surface area contributed by atoms with Crippen LogP contribution in [0.1, 0.15) is 18.5 Å². The van der Waals surface area contributed by atoms with Crippen LogP contribution in [-0.4, -0.2) is 38.9 Å². The topological polar surface area (TPSA) is 145 Å². The van der Waals surface area contributed by atoms with Crippen molar-refractivity contribution in [3.8, 4) is 0 Å². The van der Waals surface area contributed by atoms with Crippen molar-refractivity contribution >= 4 is 43.3 Å². The van der Waals surface area contributed by atoms with Crippen LogP contribution in [0.3, 0.4) is 0 Å². The number of thiol groups is 1. The lowest BCUT2D eigenvalue weighted by Crippen LogP contribution is -2.33. The lowest BCUT2D eigenvalue weighted by Gasteiger charge is -2.21. The van der Waals surface area contributed by atoms with Crippen molar-refractivity contribution in [2.45, 2.75) is 18.1 Å². The van der Waals surface area contributed by atoms with Crippen molar-refractivity contribution in [1.82, 2.24) is 10.3 Å². The predicted molar refractivity (Wildman–Crippen MR) is 102 cm³/mol. The van der Waals surface area contributed by atoms with Crippen LogP contribution in [0.5, 0.6) is 0 Å². The van der Waals surface area contributed by atoms with Crippen molar-refractivity contribution in [2.75, 3.05) is 22.9 Å². The molecule has 26 heavy (non-hydrogen) atoms. The zero-order valence-corrected chi connectivity index (χ0v) is 16.1. The molecule has 1 heterocycles. The molecule has 0 bridgehead atoms. The standard InChI is InChI=1S/C14H19BrFN7O2S/c15-10-7-8(1-4-11(10)16)20-14(21-24)12-13(23-25-22-12)19-5-6-26(17,18)9-2-3-9/h1,4,7,9,24,26H,2-3,5-6H2,(H3,17,18)(H,19,23)(H,20,21). The fraction of sp³-hybridized carbons (Fsp3) is 0.357. The number of nitrogens with one attached hydrogen (secondary N) is 3. The molecule has 0 amide bonds. The fourth-order valence-electron chi connectivity index (χ4n) is 2.38. The molecule has 0 aliphatic heterocycles. The number of rotatable bonds is 7. The quantitative estimate of drug-likeness (QED) is 0.125. The first-order valence-electron chi connectivity index (χ1n) is 7.83.